The molecule has 136 valence electrons. The molecule has 26 heavy (non-hydrogen) atoms. The second-order valence-electron chi connectivity index (χ2n) is 5.34. The molecule has 0 bridgehead atoms. The van der Waals surface area contributed by atoms with Crippen LogP contribution in [-0.2, 0) is 4.79 Å². The average molecular weight is 385 g/mol. The van der Waals surface area contributed by atoms with Gasteiger partial charge in [-0.3, -0.25) is 4.79 Å². The number of benzene rings is 2. The summed E-state index contributed by atoms with van der Waals surface area (Å²) in [4.78, 5) is 13.1. The van der Waals surface area contributed by atoms with E-state index in [2.05, 4.69) is 13.8 Å². The van der Waals surface area contributed by atoms with Crippen LogP contribution in [0.3, 0.4) is 0 Å². The van der Waals surface area contributed by atoms with E-state index in [-0.39, 0.29) is 5.78 Å². The Balaban J connectivity index is 2.51. The Labute approximate surface area is 164 Å². The molecule has 0 radical (unpaired) electrons. The van der Waals surface area contributed by atoms with E-state index in [0.29, 0.717) is 5.57 Å². The summed E-state index contributed by atoms with van der Waals surface area (Å²) in [6, 6.07) is 17.6. The third kappa shape index (κ3) is 5.55. The molecule has 0 aliphatic heterocycles. The zero-order chi connectivity index (χ0) is 18.8. The summed E-state index contributed by atoms with van der Waals surface area (Å²) in [5, 5.41) is 0. The van der Waals surface area contributed by atoms with E-state index in [1.54, 1.807) is 36.7 Å². The number of carbonyl (C=O) groups excluding carboxylic acids is 1. The van der Waals surface area contributed by atoms with Gasteiger partial charge in [0.25, 0.3) is 0 Å². The van der Waals surface area contributed by atoms with Crippen molar-refractivity contribution in [3.05, 3.63) is 76.0 Å². The van der Waals surface area contributed by atoms with Crippen LogP contribution in [0, 0.1) is 0 Å². The highest BCUT2D eigenvalue weighted by atomic mass is 32.2. The Morgan fingerprint density at radius 2 is 1.58 bits per heavy atom. The van der Waals surface area contributed by atoms with Crippen LogP contribution in [0.1, 0.15) is 25.0 Å². The number of ether oxygens (including phenoxy) is 1. The van der Waals surface area contributed by atoms with Gasteiger partial charge >= 0.3 is 0 Å². The van der Waals surface area contributed by atoms with Crippen LogP contribution in [0.2, 0.25) is 0 Å². The molecule has 0 saturated heterocycles. The van der Waals surface area contributed by atoms with Crippen molar-refractivity contribution in [1.82, 2.24) is 0 Å². The van der Waals surface area contributed by atoms with Gasteiger partial charge in [0.05, 0.1) is 16.9 Å². The first kappa shape index (κ1) is 20.4. The fraction of sp³-hybridized carbons (Fsp3) is 0.227. The molecule has 2 nitrogen and oxygen atoms in total. The molecule has 0 aliphatic rings. The number of ketones is 1. The molecule has 0 N–H and O–H groups in total. The van der Waals surface area contributed by atoms with Gasteiger partial charge in [-0.1, -0.05) is 68.5 Å². The van der Waals surface area contributed by atoms with Crippen LogP contribution in [0.25, 0.3) is 11.6 Å². The van der Waals surface area contributed by atoms with Crippen molar-refractivity contribution in [2.24, 2.45) is 0 Å². The highest BCUT2D eigenvalue weighted by molar-refractivity contribution is 8.22. The number of hydrogen-bond donors (Lipinski definition) is 0. The number of rotatable bonds is 9. The SMILES string of the molecule is CCSC(SCC)=C(C(=O)/C=C/c1ccccc1)c1ccccc1OC. The van der Waals surface area contributed by atoms with E-state index in [9.17, 15) is 4.79 Å². The minimum Gasteiger partial charge on any atom is -0.496 e. The molecule has 0 saturated carbocycles. The standard InChI is InChI=1S/C22H24O2S2/c1-4-25-22(26-5-2)21(18-13-9-10-14-20(18)24-3)19(23)16-15-17-11-7-6-8-12-17/h6-16H,4-5H2,1-3H3/b16-15+. The maximum Gasteiger partial charge on any atom is 0.188 e. The molecule has 0 unspecified atom stereocenters. The number of thioether (sulfide) groups is 2. The molecule has 0 fully saturated rings. The molecule has 2 aromatic carbocycles. The predicted molar refractivity (Wildman–Crippen MR) is 117 cm³/mol. The van der Waals surface area contributed by atoms with Crippen LogP contribution in [-0.4, -0.2) is 24.4 Å². The molecular formula is C22H24O2S2. The second kappa shape index (κ2) is 10.9. The lowest BCUT2D eigenvalue weighted by molar-refractivity contribution is -0.109. The van der Waals surface area contributed by atoms with E-state index in [1.165, 1.54) is 0 Å². The average Bonchev–Trinajstić information content (AvgIpc) is 2.68. The molecule has 2 rings (SSSR count). The fourth-order valence-corrected chi connectivity index (χ4v) is 4.74. The summed E-state index contributed by atoms with van der Waals surface area (Å²) >= 11 is 3.41. The lowest BCUT2D eigenvalue weighted by Crippen LogP contribution is -2.03. The Morgan fingerprint density at radius 3 is 2.19 bits per heavy atom. The number of carbonyl (C=O) groups is 1. The number of hydrogen-bond acceptors (Lipinski definition) is 4. The Morgan fingerprint density at radius 1 is 0.962 bits per heavy atom. The summed E-state index contributed by atoms with van der Waals surface area (Å²) in [5.74, 6) is 2.54. The van der Waals surface area contributed by atoms with Gasteiger partial charge in [0.2, 0.25) is 0 Å². The van der Waals surface area contributed by atoms with Crippen molar-refractivity contribution >= 4 is 41.0 Å². The smallest absolute Gasteiger partial charge is 0.188 e. The van der Waals surface area contributed by atoms with Crippen LogP contribution < -0.4 is 4.74 Å². The van der Waals surface area contributed by atoms with Crippen molar-refractivity contribution in [1.29, 1.82) is 0 Å². The highest BCUT2D eigenvalue weighted by Crippen LogP contribution is 2.39. The van der Waals surface area contributed by atoms with Gasteiger partial charge in [-0.25, -0.2) is 0 Å². The topological polar surface area (TPSA) is 26.3 Å². The van der Waals surface area contributed by atoms with Crippen molar-refractivity contribution in [3.63, 3.8) is 0 Å². The van der Waals surface area contributed by atoms with Gasteiger partial charge in [0, 0.05) is 5.56 Å². The summed E-state index contributed by atoms with van der Waals surface area (Å²) < 4.78 is 6.56. The molecule has 4 heteroatoms. The summed E-state index contributed by atoms with van der Waals surface area (Å²) in [6.07, 6.45) is 3.52. The van der Waals surface area contributed by atoms with E-state index in [4.69, 9.17) is 4.74 Å². The van der Waals surface area contributed by atoms with E-state index < -0.39 is 0 Å². The maximum absolute atomic E-state index is 13.1. The van der Waals surface area contributed by atoms with Gasteiger partial charge in [-0.05, 0) is 29.2 Å². The van der Waals surface area contributed by atoms with Crippen molar-refractivity contribution < 1.29 is 9.53 Å². The minimum atomic E-state index is -0.00440. The first-order valence-electron chi connectivity index (χ1n) is 8.62. The summed E-state index contributed by atoms with van der Waals surface area (Å²) in [5.41, 5.74) is 2.57. The third-order valence-electron chi connectivity index (χ3n) is 3.60. The zero-order valence-electron chi connectivity index (χ0n) is 15.4. The highest BCUT2D eigenvalue weighted by Gasteiger charge is 2.19. The Hall–Kier alpha value is -1.91. The quantitative estimate of drug-likeness (QED) is 0.484. The molecule has 0 spiro atoms. The molecule has 0 heterocycles. The minimum absolute atomic E-state index is 0.00440. The van der Waals surface area contributed by atoms with Crippen molar-refractivity contribution in [2.75, 3.05) is 18.6 Å². The number of allylic oxidation sites excluding steroid dienone is 2. The third-order valence-corrected chi connectivity index (χ3v) is 5.82. The van der Waals surface area contributed by atoms with Gasteiger partial charge < -0.3 is 4.74 Å². The Kier molecular flexibility index (Phi) is 8.59. The fourth-order valence-electron chi connectivity index (χ4n) is 2.46. The monoisotopic (exact) mass is 384 g/mol. The molecule has 0 aromatic heterocycles. The largest absolute Gasteiger partial charge is 0.496 e. The number of para-hydroxylation sites is 1. The first-order chi connectivity index (χ1) is 12.7. The lowest BCUT2D eigenvalue weighted by Gasteiger charge is -2.15. The summed E-state index contributed by atoms with van der Waals surface area (Å²) in [7, 11) is 1.64. The Bertz CT molecular complexity index is 772. The van der Waals surface area contributed by atoms with Crippen LogP contribution in [0.5, 0.6) is 5.75 Å². The van der Waals surface area contributed by atoms with Gasteiger partial charge in [-0.2, -0.15) is 0 Å². The first-order valence-corrected chi connectivity index (χ1v) is 10.6. The predicted octanol–water partition coefficient (Wildman–Crippen LogP) is 6.15. The van der Waals surface area contributed by atoms with Crippen LogP contribution in [0.4, 0.5) is 0 Å². The van der Waals surface area contributed by atoms with Crippen LogP contribution in [0.15, 0.2) is 64.9 Å². The van der Waals surface area contributed by atoms with Gasteiger partial charge in [-0.15, -0.1) is 23.5 Å². The molecule has 2 aromatic rings. The maximum atomic E-state index is 13.1. The van der Waals surface area contributed by atoms with E-state index >= 15 is 0 Å². The van der Waals surface area contributed by atoms with Crippen LogP contribution >= 0.6 is 23.5 Å². The summed E-state index contributed by atoms with van der Waals surface area (Å²) in [6.45, 7) is 4.20. The lowest BCUT2D eigenvalue weighted by atomic mass is 10.0. The number of methoxy groups -OCH3 is 1. The molecular weight excluding hydrogens is 360 g/mol. The van der Waals surface area contributed by atoms with E-state index in [0.717, 1.165) is 32.6 Å². The molecule has 0 atom stereocenters. The van der Waals surface area contributed by atoms with Gasteiger partial charge in [0.1, 0.15) is 5.75 Å². The molecule has 0 aliphatic carbocycles. The van der Waals surface area contributed by atoms with Crippen molar-refractivity contribution in [2.45, 2.75) is 13.8 Å². The normalized spacial score (nSPS) is 10.7. The second-order valence-corrected chi connectivity index (χ2v) is 8.14. The molecule has 0 amide bonds. The van der Waals surface area contributed by atoms with E-state index in [1.807, 2.05) is 60.7 Å². The zero-order valence-corrected chi connectivity index (χ0v) is 17.0. The van der Waals surface area contributed by atoms with Crippen molar-refractivity contribution in [3.8, 4) is 5.75 Å². The van der Waals surface area contributed by atoms with Gasteiger partial charge in [0.15, 0.2) is 5.78 Å².